The minimum atomic E-state index is -0.448. The second-order valence-electron chi connectivity index (χ2n) is 7.20. The Kier molecular flexibility index (Phi) is 6.18. The van der Waals surface area contributed by atoms with Crippen LogP contribution in [0.4, 0.5) is 17.1 Å². The van der Waals surface area contributed by atoms with Gasteiger partial charge in [-0.2, -0.15) is 5.26 Å². The van der Waals surface area contributed by atoms with Crippen LogP contribution in [-0.2, 0) is 9.59 Å². The Balaban J connectivity index is 1.75. The molecule has 0 spiro atoms. The highest BCUT2D eigenvalue weighted by molar-refractivity contribution is 6.04. The van der Waals surface area contributed by atoms with E-state index in [1.165, 1.54) is 0 Å². The Bertz CT molecular complexity index is 960. The second kappa shape index (κ2) is 8.78. The van der Waals surface area contributed by atoms with Gasteiger partial charge >= 0.3 is 0 Å². The van der Waals surface area contributed by atoms with Gasteiger partial charge in [0.2, 0.25) is 11.8 Å². The van der Waals surface area contributed by atoms with Gasteiger partial charge in [-0.15, -0.1) is 0 Å². The Hall–Kier alpha value is -3.33. The molecular weight excluding hydrogens is 364 g/mol. The van der Waals surface area contributed by atoms with Crippen molar-refractivity contribution in [2.45, 2.75) is 27.2 Å². The topological polar surface area (TPSA) is 76.4 Å². The maximum atomic E-state index is 12.7. The smallest absolute Gasteiger partial charge is 0.229 e. The van der Waals surface area contributed by atoms with Crippen molar-refractivity contribution < 1.29 is 9.59 Å². The molecule has 1 fully saturated rings. The summed E-state index contributed by atoms with van der Waals surface area (Å²) in [6.45, 7) is 8.40. The van der Waals surface area contributed by atoms with Gasteiger partial charge in [-0.1, -0.05) is 12.1 Å². The molecule has 2 amide bonds. The quantitative estimate of drug-likeness (QED) is 0.816. The third-order valence-electron chi connectivity index (χ3n) is 5.40. The Labute approximate surface area is 171 Å². The van der Waals surface area contributed by atoms with Crippen molar-refractivity contribution in [2.75, 3.05) is 34.8 Å². The van der Waals surface area contributed by atoms with Crippen molar-refractivity contribution in [1.29, 1.82) is 5.26 Å². The summed E-state index contributed by atoms with van der Waals surface area (Å²) in [6.07, 6.45) is 0.164. The molecule has 2 aromatic carbocycles. The number of rotatable bonds is 6. The van der Waals surface area contributed by atoms with Crippen molar-refractivity contribution in [2.24, 2.45) is 5.92 Å². The van der Waals surface area contributed by atoms with Crippen LogP contribution < -0.4 is 15.1 Å². The summed E-state index contributed by atoms with van der Waals surface area (Å²) in [4.78, 5) is 29.3. The number of anilines is 3. The van der Waals surface area contributed by atoms with E-state index in [2.05, 4.69) is 36.2 Å². The number of benzene rings is 2. The first-order valence-electron chi connectivity index (χ1n) is 9.94. The molecule has 0 aromatic heterocycles. The van der Waals surface area contributed by atoms with Gasteiger partial charge in [0.15, 0.2) is 0 Å². The van der Waals surface area contributed by atoms with Crippen LogP contribution in [0.15, 0.2) is 42.5 Å². The van der Waals surface area contributed by atoms with Crippen molar-refractivity contribution >= 4 is 28.9 Å². The molecule has 1 aliphatic rings. The average molecular weight is 390 g/mol. The van der Waals surface area contributed by atoms with E-state index in [1.54, 1.807) is 29.2 Å². The largest absolute Gasteiger partial charge is 0.372 e. The van der Waals surface area contributed by atoms with Gasteiger partial charge in [-0.3, -0.25) is 9.59 Å². The summed E-state index contributed by atoms with van der Waals surface area (Å²) < 4.78 is 0. The van der Waals surface area contributed by atoms with Crippen LogP contribution in [0.3, 0.4) is 0 Å². The highest BCUT2D eigenvalue weighted by atomic mass is 16.2. The number of nitrogens with zero attached hydrogens (tertiary/aromatic N) is 3. The van der Waals surface area contributed by atoms with E-state index in [9.17, 15) is 14.9 Å². The molecule has 1 aliphatic heterocycles. The fourth-order valence-corrected chi connectivity index (χ4v) is 3.77. The van der Waals surface area contributed by atoms with Gasteiger partial charge in [0.25, 0.3) is 0 Å². The van der Waals surface area contributed by atoms with E-state index < -0.39 is 5.92 Å². The van der Waals surface area contributed by atoms with Crippen molar-refractivity contribution in [3.8, 4) is 6.07 Å². The summed E-state index contributed by atoms with van der Waals surface area (Å²) >= 11 is 0. The predicted molar refractivity (Wildman–Crippen MR) is 115 cm³/mol. The van der Waals surface area contributed by atoms with Crippen LogP contribution in [-0.4, -0.2) is 31.4 Å². The van der Waals surface area contributed by atoms with E-state index >= 15 is 0 Å². The standard InChI is InChI=1S/C23H26N4O2/c1-4-26(5-2)19-10-11-21(16(3)12-19)27-15-18(13-22(27)28)23(29)25-20-9-7-6-8-17(20)14-24/h6-12,18H,4-5,13,15H2,1-3H3,(H,25,29). The van der Waals surface area contributed by atoms with Crippen LogP contribution in [0.5, 0.6) is 0 Å². The molecule has 0 radical (unpaired) electrons. The zero-order valence-corrected chi connectivity index (χ0v) is 17.1. The molecular formula is C23H26N4O2. The summed E-state index contributed by atoms with van der Waals surface area (Å²) in [6, 6.07) is 15.0. The summed E-state index contributed by atoms with van der Waals surface area (Å²) in [5.41, 5.74) is 3.87. The van der Waals surface area contributed by atoms with Gasteiger partial charge in [-0.05, 0) is 56.7 Å². The number of aryl methyl sites for hydroxylation is 1. The van der Waals surface area contributed by atoms with Crippen LogP contribution in [0.2, 0.25) is 0 Å². The molecule has 6 heteroatoms. The van der Waals surface area contributed by atoms with Gasteiger partial charge in [-0.25, -0.2) is 0 Å². The first-order chi connectivity index (χ1) is 14.0. The molecule has 3 rings (SSSR count). The average Bonchev–Trinajstić information content (AvgIpc) is 3.11. The van der Waals surface area contributed by atoms with Gasteiger partial charge in [0, 0.05) is 37.4 Å². The molecule has 1 atom stereocenters. The van der Waals surface area contributed by atoms with Crippen molar-refractivity contribution in [1.82, 2.24) is 0 Å². The predicted octanol–water partition coefficient (Wildman–Crippen LogP) is 3.70. The van der Waals surface area contributed by atoms with Crippen LogP contribution in [0.25, 0.3) is 0 Å². The molecule has 6 nitrogen and oxygen atoms in total. The lowest BCUT2D eigenvalue weighted by atomic mass is 10.1. The van der Waals surface area contributed by atoms with Crippen molar-refractivity contribution in [3.05, 3.63) is 53.6 Å². The number of nitrogens with one attached hydrogen (secondary N) is 1. The second-order valence-corrected chi connectivity index (χ2v) is 7.20. The summed E-state index contributed by atoms with van der Waals surface area (Å²) in [7, 11) is 0. The zero-order valence-electron chi connectivity index (χ0n) is 17.1. The molecule has 1 N–H and O–H groups in total. The van der Waals surface area contributed by atoms with Crippen LogP contribution >= 0.6 is 0 Å². The first-order valence-corrected chi connectivity index (χ1v) is 9.94. The molecule has 29 heavy (non-hydrogen) atoms. The first kappa shape index (κ1) is 20.4. The Morgan fingerprint density at radius 1 is 1.24 bits per heavy atom. The van der Waals surface area contributed by atoms with E-state index in [0.717, 1.165) is 30.0 Å². The molecule has 0 aliphatic carbocycles. The number of para-hydroxylation sites is 1. The molecule has 150 valence electrons. The van der Waals surface area contributed by atoms with E-state index in [1.807, 2.05) is 19.1 Å². The summed E-state index contributed by atoms with van der Waals surface area (Å²) in [5.74, 6) is -0.741. The third kappa shape index (κ3) is 4.24. The van der Waals surface area contributed by atoms with E-state index in [4.69, 9.17) is 0 Å². The molecule has 1 heterocycles. The fourth-order valence-electron chi connectivity index (χ4n) is 3.77. The molecule has 2 aromatic rings. The molecule has 1 saturated heterocycles. The molecule has 0 bridgehead atoms. The van der Waals surface area contributed by atoms with Crippen LogP contribution in [0.1, 0.15) is 31.4 Å². The minimum absolute atomic E-state index is 0.0580. The number of carbonyl (C=O) groups excluding carboxylic acids is 2. The number of carbonyl (C=O) groups is 2. The SMILES string of the molecule is CCN(CC)c1ccc(N2CC(C(=O)Nc3ccccc3C#N)CC2=O)c(C)c1. The van der Waals surface area contributed by atoms with E-state index in [0.29, 0.717) is 17.8 Å². The lowest BCUT2D eigenvalue weighted by Gasteiger charge is -2.24. The van der Waals surface area contributed by atoms with E-state index in [-0.39, 0.29) is 18.2 Å². The molecule has 1 unspecified atom stereocenters. The van der Waals surface area contributed by atoms with Crippen molar-refractivity contribution in [3.63, 3.8) is 0 Å². The lowest BCUT2D eigenvalue weighted by molar-refractivity contribution is -0.122. The van der Waals surface area contributed by atoms with Gasteiger partial charge < -0.3 is 15.1 Å². The Morgan fingerprint density at radius 2 is 1.97 bits per heavy atom. The maximum absolute atomic E-state index is 12.7. The maximum Gasteiger partial charge on any atom is 0.229 e. The number of hydrogen-bond acceptors (Lipinski definition) is 4. The van der Waals surface area contributed by atoms with Gasteiger partial charge in [0.1, 0.15) is 6.07 Å². The zero-order chi connectivity index (χ0) is 21.0. The fraction of sp³-hybridized carbons (Fsp3) is 0.348. The monoisotopic (exact) mass is 390 g/mol. The highest BCUT2D eigenvalue weighted by Crippen LogP contribution is 2.31. The lowest BCUT2D eigenvalue weighted by Crippen LogP contribution is -2.29. The number of hydrogen-bond donors (Lipinski definition) is 1. The molecule has 0 saturated carbocycles. The Morgan fingerprint density at radius 3 is 2.62 bits per heavy atom. The highest BCUT2D eigenvalue weighted by Gasteiger charge is 2.36. The number of nitriles is 1. The van der Waals surface area contributed by atoms with Crippen LogP contribution in [0, 0.1) is 24.2 Å². The van der Waals surface area contributed by atoms with Gasteiger partial charge in [0.05, 0.1) is 17.2 Å². The summed E-state index contributed by atoms with van der Waals surface area (Å²) in [5, 5.41) is 12.0. The third-order valence-corrected chi connectivity index (χ3v) is 5.40. The number of amides is 2. The minimum Gasteiger partial charge on any atom is -0.372 e. The normalized spacial score (nSPS) is 15.9.